The second-order valence-electron chi connectivity index (χ2n) is 3.43. The molecule has 3 heteroatoms. The highest BCUT2D eigenvalue weighted by Crippen LogP contribution is 2.32. The van der Waals surface area contributed by atoms with Gasteiger partial charge in [-0.2, -0.15) is 5.26 Å². The van der Waals surface area contributed by atoms with Crippen LogP contribution in [0.1, 0.15) is 25.7 Å². The zero-order chi connectivity index (χ0) is 8.55. The molecule has 0 aromatic carbocycles. The third-order valence-corrected chi connectivity index (χ3v) is 4.65. The fourth-order valence-electron chi connectivity index (χ4n) is 1.98. The fraction of sp³-hybridized carbons (Fsp3) is 0.667. The van der Waals surface area contributed by atoms with Gasteiger partial charge in [0.15, 0.2) is 0 Å². The number of nitrogens with zero attached hydrogens (tertiary/aromatic N) is 1. The predicted molar refractivity (Wildman–Crippen MR) is 47.9 cm³/mol. The number of hydrogen-bond donors (Lipinski definition) is 0. The molecule has 2 heterocycles. The van der Waals surface area contributed by atoms with Gasteiger partial charge in [-0.15, -0.1) is 0 Å². The third-order valence-electron chi connectivity index (χ3n) is 2.62. The molecule has 2 aliphatic rings. The van der Waals surface area contributed by atoms with Crippen LogP contribution in [0.5, 0.6) is 0 Å². The average molecular weight is 181 g/mol. The summed E-state index contributed by atoms with van der Waals surface area (Å²) < 4.78 is 11.6. The van der Waals surface area contributed by atoms with Gasteiger partial charge in [-0.05, 0) is 19.3 Å². The highest BCUT2D eigenvalue weighted by atomic mass is 32.2. The van der Waals surface area contributed by atoms with Crippen LogP contribution in [0.3, 0.4) is 0 Å². The minimum atomic E-state index is -0.686. The van der Waals surface area contributed by atoms with Crippen LogP contribution in [-0.2, 0) is 10.8 Å². The molecule has 0 radical (unpaired) electrons. The smallest absolute Gasteiger partial charge is 0.0944 e. The predicted octanol–water partition coefficient (Wildman–Crippen LogP) is 1.51. The minimum absolute atomic E-state index is 0.187. The molecular weight excluding hydrogens is 170 g/mol. The minimum Gasteiger partial charge on any atom is -0.259 e. The Morgan fingerprint density at radius 2 is 2.42 bits per heavy atom. The zero-order valence-electron chi connectivity index (χ0n) is 6.82. The Labute approximate surface area is 74.7 Å². The second kappa shape index (κ2) is 3.02. The fourth-order valence-corrected chi connectivity index (χ4v) is 3.92. The van der Waals surface area contributed by atoms with Crippen molar-refractivity contribution < 1.29 is 4.21 Å². The van der Waals surface area contributed by atoms with Crippen LogP contribution in [0.25, 0.3) is 0 Å². The van der Waals surface area contributed by atoms with Crippen molar-refractivity contribution in [2.45, 2.75) is 36.2 Å². The maximum absolute atomic E-state index is 11.6. The third kappa shape index (κ3) is 1.21. The van der Waals surface area contributed by atoms with Gasteiger partial charge in [0.25, 0.3) is 0 Å². The molecule has 2 aliphatic heterocycles. The number of allylic oxidation sites excluding steroid dienone is 1. The zero-order valence-corrected chi connectivity index (χ0v) is 7.64. The molecule has 0 saturated carbocycles. The second-order valence-corrected chi connectivity index (χ2v) is 5.36. The van der Waals surface area contributed by atoms with Gasteiger partial charge in [-0.3, -0.25) is 4.21 Å². The molecular formula is C9H11NOS. The molecule has 0 aromatic heterocycles. The first kappa shape index (κ1) is 8.00. The summed E-state index contributed by atoms with van der Waals surface area (Å²) in [5.74, 6) is 0. The van der Waals surface area contributed by atoms with Crippen molar-refractivity contribution in [3.05, 3.63) is 11.6 Å². The largest absolute Gasteiger partial charge is 0.259 e. The highest BCUT2D eigenvalue weighted by molar-refractivity contribution is 7.86. The van der Waals surface area contributed by atoms with Crippen LogP contribution >= 0.6 is 0 Å². The molecule has 0 aliphatic carbocycles. The summed E-state index contributed by atoms with van der Waals surface area (Å²) in [5, 5.41) is 9.18. The van der Waals surface area contributed by atoms with E-state index >= 15 is 0 Å². The molecule has 1 saturated heterocycles. The van der Waals surface area contributed by atoms with Gasteiger partial charge in [0.1, 0.15) is 0 Å². The molecule has 0 aromatic rings. The first-order chi connectivity index (χ1) is 5.81. The van der Waals surface area contributed by atoms with Crippen LogP contribution in [0.2, 0.25) is 0 Å². The molecule has 2 rings (SSSR count). The Kier molecular flexibility index (Phi) is 2.02. The van der Waals surface area contributed by atoms with E-state index in [1.807, 2.05) is 6.08 Å². The highest BCUT2D eigenvalue weighted by Gasteiger charge is 2.32. The molecule has 64 valence electrons. The van der Waals surface area contributed by atoms with Crippen molar-refractivity contribution in [2.24, 2.45) is 0 Å². The summed E-state index contributed by atoms with van der Waals surface area (Å²) in [6, 6.07) is 2.18. The lowest BCUT2D eigenvalue weighted by Crippen LogP contribution is -2.33. The van der Waals surface area contributed by atoms with Gasteiger partial charge in [0.2, 0.25) is 0 Å². The Bertz CT molecular complexity index is 289. The van der Waals surface area contributed by atoms with E-state index in [0.29, 0.717) is 0 Å². The molecule has 3 unspecified atom stereocenters. The molecule has 3 atom stereocenters. The van der Waals surface area contributed by atoms with Gasteiger partial charge in [-0.1, -0.05) is 12.5 Å². The first-order valence-electron chi connectivity index (χ1n) is 4.31. The standard InChI is InChI=1S/C9H11NOS/c10-6-7-4-8-2-1-3-9(5-7)12(8)11/h4,8-9H,1-3,5H2. The summed E-state index contributed by atoms with van der Waals surface area (Å²) in [6.45, 7) is 0. The Morgan fingerprint density at radius 1 is 1.58 bits per heavy atom. The van der Waals surface area contributed by atoms with Gasteiger partial charge < -0.3 is 0 Å². The summed E-state index contributed by atoms with van der Waals surface area (Å²) >= 11 is 0. The van der Waals surface area contributed by atoms with E-state index in [2.05, 4.69) is 6.07 Å². The van der Waals surface area contributed by atoms with Crippen molar-refractivity contribution in [1.82, 2.24) is 0 Å². The van der Waals surface area contributed by atoms with Crippen molar-refractivity contribution in [1.29, 1.82) is 5.26 Å². The summed E-state index contributed by atoms with van der Waals surface area (Å²) in [7, 11) is -0.686. The maximum atomic E-state index is 11.6. The SMILES string of the molecule is N#CC1=CC2CCCC(C1)S2=O. The topological polar surface area (TPSA) is 40.9 Å². The van der Waals surface area contributed by atoms with Crippen LogP contribution in [0.15, 0.2) is 11.6 Å². The van der Waals surface area contributed by atoms with Crippen LogP contribution in [0.4, 0.5) is 0 Å². The average Bonchev–Trinajstić information content (AvgIpc) is 2.04. The van der Waals surface area contributed by atoms with Gasteiger partial charge in [0, 0.05) is 21.6 Å². The van der Waals surface area contributed by atoms with E-state index in [0.717, 1.165) is 24.8 Å². The van der Waals surface area contributed by atoms with E-state index in [-0.39, 0.29) is 10.5 Å². The van der Waals surface area contributed by atoms with E-state index in [4.69, 9.17) is 5.26 Å². The number of nitriles is 1. The molecule has 0 amide bonds. The summed E-state index contributed by atoms with van der Waals surface area (Å²) in [4.78, 5) is 0. The molecule has 12 heavy (non-hydrogen) atoms. The van der Waals surface area contributed by atoms with E-state index in [9.17, 15) is 4.21 Å². The van der Waals surface area contributed by atoms with Crippen LogP contribution in [-0.4, -0.2) is 14.7 Å². The molecule has 2 bridgehead atoms. The molecule has 0 spiro atoms. The van der Waals surface area contributed by atoms with Gasteiger partial charge in [0.05, 0.1) is 11.3 Å². The lowest BCUT2D eigenvalue weighted by atomic mass is 9.99. The Morgan fingerprint density at radius 3 is 3.08 bits per heavy atom. The maximum Gasteiger partial charge on any atom is 0.0944 e. The summed E-state index contributed by atoms with van der Waals surface area (Å²) in [5.41, 5.74) is 0.851. The van der Waals surface area contributed by atoms with Crippen molar-refractivity contribution >= 4 is 10.8 Å². The number of fused-ring (bicyclic) bond motifs is 2. The van der Waals surface area contributed by atoms with Crippen molar-refractivity contribution in [3.63, 3.8) is 0 Å². The van der Waals surface area contributed by atoms with Gasteiger partial charge >= 0.3 is 0 Å². The van der Waals surface area contributed by atoms with Crippen molar-refractivity contribution in [2.75, 3.05) is 0 Å². The Balaban J connectivity index is 2.30. The van der Waals surface area contributed by atoms with Crippen LogP contribution < -0.4 is 0 Å². The normalized spacial score (nSPS) is 39.9. The van der Waals surface area contributed by atoms with Crippen molar-refractivity contribution in [3.8, 4) is 6.07 Å². The Hall–Kier alpha value is -0.620. The molecule has 2 nitrogen and oxygen atoms in total. The van der Waals surface area contributed by atoms with Gasteiger partial charge in [-0.25, -0.2) is 0 Å². The van der Waals surface area contributed by atoms with E-state index in [1.165, 1.54) is 6.42 Å². The monoisotopic (exact) mass is 181 g/mol. The van der Waals surface area contributed by atoms with Crippen LogP contribution in [0, 0.1) is 11.3 Å². The lowest BCUT2D eigenvalue weighted by molar-refractivity contribution is 0.570. The van der Waals surface area contributed by atoms with E-state index in [1.54, 1.807) is 0 Å². The van der Waals surface area contributed by atoms with E-state index < -0.39 is 10.8 Å². The lowest BCUT2D eigenvalue weighted by Gasteiger charge is -2.30. The first-order valence-corrected chi connectivity index (χ1v) is 5.59. The molecule has 0 N–H and O–H groups in total. The summed E-state index contributed by atoms with van der Waals surface area (Å²) in [6.07, 6.45) is 5.90. The number of rotatable bonds is 0. The molecule has 1 fully saturated rings. The quantitative estimate of drug-likeness (QED) is 0.568. The number of hydrogen-bond acceptors (Lipinski definition) is 2.